The summed E-state index contributed by atoms with van der Waals surface area (Å²) in [7, 11) is -4.09. The smallest absolute Gasteiger partial charge is 0.282 e. The predicted octanol–water partition coefficient (Wildman–Crippen LogP) is 1.35. The van der Waals surface area contributed by atoms with Crippen molar-refractivity contribution in [2.24, 2.45) is 5.89 Å². The lowest BCUT2D eigenvalue weighted by molar-refractivity contribution is 0.491. The van der Waals surface area contributed by atoms with Gasteiger partial charge in [0.2, 0.25) is 0 Å². The Hall–Kier alpha value is -0.610. The summed E-state index contributed by atoms with van der Waals surface area (Å²) in [6.07, 6.45) is 4.36. The van der Waals surface area contributed by atoms with Crippen molar-refractivity contribution < 1.29 is 14.3 Å². The van der Waals surface area contributed by atoms with Crippen LogP contribution >= 0.6 is 0 Å². The average Bonchev–Trinajstić information content (AvgIpc) is 1.83. The third-order valence-electron chi connectivity index (χ3n) is 1.46. The van der Waals surface area contributed by atoms with Gasteiger partial charge in [-0.05, 0) is 18.4 Å². The van der Waals surface area contributed by atoms with Crippen molar-refractivity contribution in [3.05, 3.63) is 23.1 Å². The Balaban J connectivity index is 2.93. The molecule has 0 aromatic carbocycles. The van der Waals surface area contributed by atoms with Crippen LogP contribution in [0.15, 0.2) is 23.1 Å². The zero-order valence-electron chi connectivity index (χ0n) is 7.11. The summed E-state index contributed by atoms with van der Waals surface area (Å²) in [6, 6.07) is 0. The van der Waals surface area contributed by atoms with Crippen molar-refractivity contribution >= 4 is 10.1 Å². The monoisotopic (exact) mass is 175 g/mol. The molecule has 0 heterocycles. The molecule has 1 atom stereocenters. The molecule has 0 spiro atoms. The van der Waals surface area contributed by atoms with Crippen LogP contribution in [-0.4, -0.2) is 13.0 Å². The zero-order chi connectivity index (χ0) is 9.41. The van der Waals surface area contributed by atoms with Crippen molar-refractivity contribution in [1.82, 2.24) is 0 Å². The van der Waals surface area contributed by atoms with E-state index in [1.54, 1.807) is 6.92 Å². The SMILES string of the molecule is [2H]C1(C)C=CC(S(=O)(=O)O)=CC1. The minimum absolute atomic E-state index is 0.118. The Morgan fingerprint density at radius 2 is 2.45 bits per heavy atom. The fourth-order valence-corrected chi connectivity index (χ4v) is 1.35. The van der Waals surface area contributed by atoms with Gasteiger partial charge in [-0.2, -0.15) is 8.42 Å². The summed E-state index contributed by atoms with van der Waals surface area (Å²) in [5.41, 5.74) is 0. The van der Waals surface area contributed by atoms with Crippen LogP contribution in [-0.2, 0) is 10.1 Å². The van der Waals surface area contributed by atoms with E-state index in [9.17, 15) is 8.42 Å². The Labute approximate surface area is 67.6 Å². The van der Waals surface area contributed by atoms with Gasteiger partial charge in [0.1, 0.15) is 0 Å². The lowest BCUT2D eigenvalue weighted by Gasteiger charge is -2.08. The van der Waals surface area contributed by atoms with Gasteiger partial charge in [0.25, 0.3) is 10.1 Å². The second-order valence-corrected chi connectivity index (χ2v) is 3.89. The molecule has 0 aliphatic heterocycles. The van der Waals surface area contributed by atoms with E-state index in [-0.39, 0.29) is 4.91 Å². The topological polar surface area (TPSA) is 54.4 Å². The predicted molar refractivity (Wildman–Crippen MR) is 42.6 cm³/mol. The highest BCUT2D eigenvalue weighted by Crippen LogP contribution is 2.18. The highest BCUT2D eigenvalue weighted by atomic mass is 32.2. The Morgan fingerprint density at radius 3 is 2.82 bits per heavy atom. The van der Waals surface area contributed by atoms with Crippen molar-refractivity contribution in [3.63, 3.8) is 0 Å². The van der Waals surface area contributed by atoms with E-state index < -0.39 is 16.0 Å². The molecule has 0 aromatic heterocycles. The van der Waals surface area contributed by atoms with Crippen LogP contribution in [0.25, 0.3) is 0 Å². The summed E-state index contributed by atoms with van der Waals surface area (Å²) in [5, 5.41) is 0. The van der Waals surface area contributed by atoms with Gasteiger partial charge in [0.15, 0.2) is 0 Å². The van der Waals surface area contributed by atoms with E-state index in [4.69, 9.17) is 5.92 Å². The van der Waals surface area contributed by atoms with Gasteiger partial charge >= 0.3 is 0 Å². The van der Waals surface area contributed by atoms with Crippen molar-refractivity contribution in [3.8, 4) is 0 Å². The van der Waals surface area contributed by atoms with E-state index in [2.05, 4.69) is 0 Å². The number of hydrogen-bond acceptors (Lipinski definition) is 2. The molecular weight excluding hydrogens is 164 g/mol. The molecule has 0 saturated carbocycles. The molecule has 0 bridgehead atoms. The summed E-state index contributed by atoms with van der Waals surface area (Å²) < 4.78 is 37.3. The first-order chi connectivity index (χ1) is 5.31. The Kier molecular flexibility index (Phi) is 1.79. The quantitative estimate of drug-likeness (QED) is 0.612. The highest BCUT2D eigenvalue weighted by molar-refractivity contribution is 7.90. The van der Waals surface area contributed by atoms with Gasteiger partial charge in [-0.3, -0.25) is 4.55 Å². The maximum atomic E-state index is 10.6. The normalized spacial score (nSPS) is 32.9. The molecule has 0 saturated heterocycles. The second-order valence-electron chi connectivity index (χ2n) is 2.47. The molecule has 1 N–H and O–H groups in total. The average molecular weight is 175 g/mol. The third-order valence-corrected chi connectivity index (χ3v) is 2.35. The van der Waals surface area contributed by atoms with Crippen molar-refractivity contribution in [2.45, 2.75) is 13.3 Å². The van der Waals surface area contributed by atoms with Crippen LogP contribution in [0, 0.1) is 5.89 Å². The molecule has 3 nitrogen and oxygen atoms in total. The van der Waals surface area contributed by atoms with E-state index in [0.29, 0.717) is 6.42 Å². The van der Waals surface area contributed by atoms with E-state index in [1.807, 2.05) is 0 Å². The molecule has 1 unspecified atom stereocenters. The highest BCUT2D eigenvalue weighted by Gasteiger charge is 2.13. The van der Waals surface area contributed by atoms with Crippen molar-refractivity contribution in [1.29, 1.82) is 0 Å². The molecule has 1 aliphatic carbocycles. The van der Waals surface area contributed by atoms with Gasteiger partial charge in [0.05, 0.1) is 4.91 Å². The second kappa shape index (κ2) is 2.79. The Morgan fingerprint density at radius 1 is 1.82 bits per heavy atom. The molecule has 0 aromatic rings. The third kappa shape index (κ3) is 2.17. The summed E-state index contributed by atoms with van der Waals surface area (Å²) in [5.74, 6) is -0.756. The van der Waals surface area contributed by atoms with Crippen LogP contribution in [0.2, 0.25) is 0 Å². The molecule has 11 heavy (non-hydrogen) atoms. The van der Waals surface area contributed by atoms with E-state index in [0.717, 1.165) is 0 Å². The maximum absolute atomic E-state index is 10.6. The minimum atomic E-state index is -4.09. The molecule has 0 amide bonds. The summed E-state index contributed by atoms with van der Waals surface area (Å²) in [4.78, 5) is -0.118. The standard InChI is InChI=1S/C7H10O3S/c1-6-2-4-7(5-3-6)11(8,9)10/h2,4-6H,3H2,1H3,(H,8,9,10)/i6D. The van der Waals surface area contributed by atoms with Crippen LogP contribution in [0.3, 0.4) is 0 Å². The summed E-state index contributed by atoms with van der Waals surface area (Å²) >= 11 is 0. The van der Waals surface area contributed by atoms with Gasteiger partial charge in [0, 0.05) is 1.37 Å². The molecule has 0 fully saturated rings. The van der Waals surface area contributed by atoms with Crippen LogP contribution in [0.5, 0.6) is 0 Å². The zero-order valence-corrected chi connectivity index (χ0v) is 6.93. The van der Waals surface area contributed by atoms with Gasteiger partial charge < -0.3 is 0 Å². The molecule has 1 rings (SSSR count). The lowest BCUT2D eigenvalue weighted by Crippen LogP contribution is -2.04. The summed E-state index contributed by atoms with van der Waals surface area (Å²) in [6.45, 7) is 1.67. The van der Waals surface area contributed by atoms with E-state index in [1.165, 1.54) is 18.2 Å². The lowest BCUT2D eigenvalue weighted by atomic mass is 10.0. The van der Waals surface area contributed by atoms with Crippen LogP contribution in [0.4, 0.5) is 0 Å². The number of allylic oxidation sites excluding steroid dienone is 3. The minimum Gasteiger partial charge on any atom is -0.282 e. The first-order valence-corrected chi connectivity index (χ1v) is 4.62. The van der Waals surface area contributed by atoms with E-state index >= 15 is 0 Å². The molecule has 4 heteroatoms. The molecule has 1 aliphatic rings. The first-order valence-electron chi connectivity index (χ1n) is 3.68. The largest absolute Gasteiger partial charge is 0.294 e. The fraction of sp³-hybridized carbons (Fsp3) is 0.429. The number of hydrogen-bond donors (Lipinski definition) is 1. The van der Waals surface area contributed by atoms with Crippen molar-refractivity contribution in [2.75, 3.05) is 0 Å². The molecular formula is C7H10O3S. The first kappa shape index (κ1) is 7.06. The van der Waals surface area contributed by atoms with Crippen LogP contribution in [0.1, 0.15) is 14.7 Å². The maximum Gasteiger partial charge on any atom is 0.294 e. The van der Waals surface area contributed by atoms with Gasteiger partial charge in [-0.25, -0.2) is 0 Å². The van der Waals surface area contributed by atoms with Crippen LogP contribution < -0.4 is 0 Å². The molecule has 62 valence electrons. The van der Waals surface area contributed by atoms with Gasteiger partial charge in [-0.15, -0.1) is 0 Å². The fourth-order valence-electron chi connectivity index (χ4n) is 0.813. The van der Waals surface area contributed by atoms with Gasteiger partial charge in [-0.1, -0.05) is 19.1 Å². The number of rotatable bonds is 1. The Bertz CT molecular complexity index is 338. The molecule has 0 radical (unpaired) electrons.